The van der Waals surface area contributed by atoms with Gasteiger partial charge in [-0.2, -0.15) is 18.4 Å². The fourth-order valence-electron chi connectivity index (χ4n) is 3.88. The van der Waals surface area contributed by atoms with Crippen molar-refractivity contribution in [3.63, 3.8) is 0 Å². The summed E-state index contributed by atoms with van der Waals surface area (Å²) >= 11 is 0. The third-order valence-electron chi connectivity index (χ3n) is 6.17. The van der Waals surface area contributed by atoms with Crippen LogP contribution < -0.4 is 16.4 Å². The molecule has 2 fully saturated rings. The molecule has 3 rings (SSSR count). The van der Waals surface area contributed by atoms with Gasteiger partial charge in [0.2, 0.25) is 21.8 Å². The van der Waals surface area contributed by atoms with E-state index >= 15 is 0 Å². The first-order valence-electron chi connectivity index (χ1n) is 10.8. The summed E-state index contributed by atoms with van der Waals surface area (Å²) in [4.78, 5) is 24.3. The third-order valence-corrected chi connectivity index (χ3v) is 8.07. The average molecular weight is 520 g/mol. The molecule has 1 saturated carbocycles. The van der Waals surface area contributed by atoms with Gasteiger partial charge < -0.3 is 11.1 Å². The highest BCUT2D eigenvalue weighted by atomic mass is 32.2. The van der Waals surface area contributed by atoms with Crippen LogP contribution in [0.3, 0.4) is 0 Å². The predicted octanol–water partition coefficient (Wildman–Crippen LogP) is 1.09. The fourth-order valence-corrected chi connectivity index (χ4v) is 5.53. The van der Waals surface area contributed by atoms with Gasteiger partial charge in [-0.05, 0) is 43.4 Å². The number of piperidine rings is 1. The molecule has 2 amide bonds. The molecule has 1 aliphatic carbocycles. The SMILES string of the molecule is N#CC1(NC(=O)C(CS(=O)(=O)N2CCC(C(N)=O)CC2)N[C@H](c2ccc(F)cc2)C(F)(F)F)CC1. The first-order chi connectivity index (χ1) is 16.3. The van der Waals surface area contributed by atoms with E-state index in [-0.39, 0.29) is 38.8 Å². The molecule has 9 nitrogen and oxygen atoms in total. The Balaban J connectivity index is 1.85. The van der Waals surface area contributed by atoms with Crippen LogP contribution in [0.25, 0.3) is 0 Å². The summed E-state index contributed by atoms with van der Waals surface area (Å²) in [5, 5.41) is 13.7. The third kappa shape index (κ3) is 6.68. The number of alkyl halides is 3. The molecule has 14 heteroatoms. The lowest BCUT2D eigenvalue weighted by Crippen LogP contribution is -2.56. The zero-order valence-electron chi connectivity index (χ0n) is 18.5. The number of carbonyl (C=O) groups is 2. The van der Waals surface area contributed by atoms with Crippen LogP contribution in [0.5, 0.6) is 0 Å². The van der Waals surface area contributed by atoms with Gasteiger partial charge in [0, 0.05) is 19.0 Å². The van der Waals surface area contributed by atoms with E-state index < -0.39 is 68.7 Å². The molecule has 1 aromatic rings. The molecule has 1 heterocycles. The number of amides is 2. The molecule has 2 aliphatic rings. The number of rotatable bonds is 9. The van der Waals surface area contributed by atoms with Crippen molar-refractivity contribution < 1.29 is 35.6 Å². The van der Waals surface area contributed by atoms with Gasteiger partial charge in [-0.1, -0.05) is 12.1 Å². The van der Waals surface area contributed by atoms with Gasteiger partial charge in [-0.3, -0.25) is 14.9 Å². The number of nitrogens with zero attached hydrogens (tertiary/aromatic N) is 2. The summed E-state index contributed by atoms with van der Waals surface area (Å²) in [5.74, 6) is -3.95. The van der Waals surface area contributed by atoms with Crippen molar-refractivity contribution in [2.24, 2.45) is 11.7 Å². The quantitative estimate of drug-likeness (QED) is 0.417. The minimum absolute atomic E-state index is 0.0763. The van der Waals surface area contributed by atoms with E-state index in [1.807, 2.05) is 6.07 Å². The highest BCUT2D eigenvalue weighted by Crippen LogP contribution is 2.36. The predicted molar refractivity (Wildman–Crippen MR) is 115 cm³/mol. The molecule has 1 aliphatic heterocycles. The number of benzene rings is 1. The van der Waals surface area contributed by atoms with E-state index in [0.717, 1.165) is 28.6 Å². The summed E-state index contributed by atoms with van der Waals surface area (Å²) in [6.07, 6.45) is -4.08. The molecule has 192 valence electrons. The van der Waals surface area contributed by atoms with Crippen LogP contribution in [0.1, 0.15) is 37.3 Å². The van der Waals surface area contributed by atoms with Crippen molar-refractivity contribution in [1.29, 1.82) is 5.26 Å². The number of nitriles is 1. The Labute approximate surface area is 199 Å². The largest absolute Gasteiger partial charge is 0.407 e. The number of carbonyl (C=O) groups excluding carboxylic acids is 2. The molecule has 0 radical (unpaired) electrons. The lowest BCUT2D eigenvalue weighted by atomic mass is 9.98. The van der Waals surface area contributed by atoms with E-state index in [1.165, 1.54) is 0 Å². The van der Waals surface area contributed by atoms with Crippen molar-refractivity contribution >= 4 is 21.8 Å². The van der Waals surface area contributed by atoms with E-state index in [4.69, 9.17) is 5.73 Å². The molecule has 4 N–H and O–H groups in total. The maximum absolute atomic E-state index is 13.9. The Bertz CT molecular complexity index is 1090. The topological polar surface area (TPSA) is 145 Å². The number of halogens is 4. The maximum Gasteiger partial charge on any atom is 0.407 e. The smallest absolute Gasteiger partial charge is 0.369 e. The average Bonchev–Trinajstić information content (AvgIpc) is 3.56. The second kappa shape index (κ2) is 10.1. The van der Waals surface area contributed by atoms with Gasteiger partial charge in [-0.25, -0.2) is 17.1 Å². The van der Waals surface area contributed by atoms with Crippen molar-refractivity contribution in [3.8, 4) is 6.07 Å². The maximum atomic E-state index is 13.9. The summed E-state index contributed by atoms with van der Waals surface area (Å²) in [7, 11) is -4.25. The number of nitrogens with two attached hydrogens (primary N) is 1. The van der Waals surface area contributed by atoms with E-state index in [9.17, 15) is 40.8 Å². The molecule has 0 bridgehead atoms. The van der Waals surface area contributed by atoms with Gasteiger partial charge >= 0.3 is 6.18 Å². The van der Waals surface area contributed by atoms with E-state index in [1.54, 1.807) is 0 Å². The Hall–Kier alpha value is -2.76. The summed E-state index contributed by atoms with van der Waals surface area (Å²) in [5.41, 5.74) is 3.59. The van der Waals surface area contributed by atoms with Crippen LogP contribution in [-0.2, 0) is 19.6 Å². The van der Waals surface area contributed by atoms with Crippen LogP contribution in [0.2, 0.25) is 0 Å². The normalized spacial score (nSPS) is 20.4. The molecule has 1 saturated heterocycles. The first kappa shape index (κ1) is 26.8. The van der Waals surface area contributed by atoms with Gasteiger partial charge in [-0.15, -0.1) is 0 Å². The molecule has 0 spiro atoms. The van der Waals surface area contributed by atoms with Crippen LogP contribution in [-0.4, -0.2) is 61.1 Å². The minimum atomic E-state index is -4.95. The number of hydrogen-bond acceptors (Lipinski definition) is 6. The van der Waals surface area contributed by atoms with Crippen molar-refractivity contribution in [3.05, 3.63) is 35.6 Å². The molecule has 1 aromatic carbocycles. The summed E-state index contributed by atoms with van der Waals surface area (Å²) in [6, 6.07) is 0.924. The molecular formula is C21H25F4N5O4S. The summed E-state index contributed by atoms with van der Waals surface area (Å²) < 4.78 is 82.1. The summed E-state index contributed by atoms with van der Waals surface area (Å²) in [6.45, 7) is -0.153. The molecule has 2 atom stereocenters. The van der Waals surface area contributed by atoms with Crippen LogP contribution in [0.4, 0.5) is 17.6 Å². The number of nitrogens with one attached hydrogen (secondary N) is 2. The highest BCUT2D eigenvalue weighted by Gasteiger charge is 2.48. The van der Waals surface area contributed by atoms with Crippen LogP contribution in [0, 0.1) is 23.1 Å². The van der Waals surface area contributed by atoms with Gasteiger partial charge in [0.1, 0.15) is 23.4 Å². The highest BCUT2D eigenvalue weighted by molar-refractivity contribution is 7.89. The Kier molecular flexibility index (Phi) is 7.73. The molecule has 0 aromatic heterocycles. The van der Waals surface area contributed by atoms with Gasteiger partial charge in [0.25, 0.3) is 0 Å². The van der Waals surface area contributed by atoms with Crippen LogP contribution in [0.15, 0.2) is 24.3 Å². The number of primary amides is 1. The Morgan fingerprint density at radius 2 is 1.77 bits per heavy atom. The van der Waals surface area contributed by atoms with Crippen molar-refractivity contribution in [1.82, 2.24) is 14.9 Å². The number of hydrogen-bond donors (Lipinski definition) is 3. The molecular weight excluding hydrogens is 494 g/mol. The lowest BCUT2D eigenvalue weighted by Gasteiger charge is -2.32. The van der Waals surface area contributed by atoms with E-state index in [0.29, 0.717) is 0 Å². The van der Waals surface area contributed by atoms with Gasteiger partial charge in [0.05, 0.1) is 11.8 Å². The van der Waals surface area contributed by atoms with Crippen molar-refractivity contribution in [2.45, 2.75) is 49.5 Å². The number of sulfonamides is 1. The second-order valence-electron chi connectivity index (χ2n) is 8.78. The van der Waals surface area contributed by atoms with E-state index in [2.05, 4.69) is 10.6 Å². The van der Waals surface area contributed by atoms with Crippen LogP contribution >= 0.6 is 0 Å². The second-order valence-corrected chi connectivity index (χ2v) is 10.8. The standard InChI is InChI=1S/C21H25F4N5O4S/c22-15-3-1-13(2-4-15)17(21(23,24)25)28-16(19(32)29-20(12-26)7-8-20)11-35(33,34)30-9-5-14(6-10-30)18(27)31/h1-4,14,16-17,28H,5-11H2,(H2,27,31)(H,29,32)/t16?,17-/m1/s1. The zero-order valence-corrected chi connectivity index (χ0v) is 19.3. The first-order valence-corrected chi connectivity index (χ1v) is 12.5. The zero-order chi connectivity index (χ0) is 26.0. The Morgan fingerprint density at radius 1 is 1.20 bits per heavy atom. The molecule has 1 unspecified atom stereocenters. The lowest BCUT2D eigenvalue weighted by molar-refractivity contribution is -0.160. The fraction of sp³-hybridized carbons (Fsp3) is 0.571. The molecule has 35 heavy (non-hydrogen) atoms. The Morgan fingerprint density at radius 3 is 2.23 bits per heavy atom. The van der Waals surface area contributed by atoms with Gasteiger partial charge in [0.15, 0.2) is 0 Å². The minimum Gasteiger partial charge on any atom is -0.369 e. The monoisotopic (exact) mass is 519 g/mol. The van der Waals surface area contributed by atoms with Crippen molar-refractivity contribution in [2.75, 3.05) is 18.8 Å².